The Morgan fingerprint density at radius 1 is 0.344 bits per heavy atom. The molecule has 0 bridgehead atoms. The molecule has 0 amide bonds. The van der Waals surface area contributed by atoms with Crippen molar-refractivity contribution in [3.63, 3.8) is 0 Å². The van der Waals surface area contributed by atoms with E-state index < -0.39 is 17.9 Å². The number of carbonyl (C=O) groups is 3. The van der Waals surface area contributed by atoms with E-state index in [1.54, 1.807) is 42.5 Å². The van der Waals surface area contributed by atoms with Gasteiger partial charge in [0.15, 0.2) is 0 Å². The van der Waals surface area contributed by atoms with Gasteiger partial charge in [-0.05, 0) is 205 Å². The van der Waals surface area contributed by atoms with E-state index in [2.05, 4.69) is 55.5 Å². The summed E-state index contributed by atoms with van der Waals surface area (Å²) >= 11 is 0. The summed E-state index contributed by atoms with van der Waals surface area (Å²) in [6.45, 7) is 25.4. The van der Waals surface area contributed by atoms with E-state index in [0.717, 1.165) is 103 Å². The molecule has 0 unspecified atom stereocenters. The Hall–Kier alpha value is -11.4. The lowest BCUT2D eigenvalue weighted by atomic mass is 10.0. The molecule has 0 fully saturated rings. The highest BCUT2D eigenvalue weighted by Crippen LogP contribution is 2.25. The molecule has 3 aromatic heterocycles. The highest BCUT2D eigenvalue weighted by molar-refractivity contribution is 5.90. The number of aromatic carboxylic acids is 3. The van der Waals surface area contributed by atoms with E-state index in [0.29, 0.717) is 70.8 Å². The second kappa shape index (κ2) is 34.5. The minimum absolute atomic E-state index is 0.113. The SMILES string of the molecule is CCc1cc(Cc2nc(C)nc(Nc3c(C)cccc3C)n2)cc(C(=O)O)c1.CCc1cc(Cc2nc(C)nc(Nc3c(C)cccc3C)n2)cc(C(=O)O)c1.Cc1cccc(C)c1N.Cc1nc(C)nc(C)n1.Nc1cc(N)cc(C(=O)O)c1.Nc1cccc(N)c1. The summed E-state index contributed by atoms with van der Waals surface area (Å²) < 4.78 is 0. The first-order valence-electron chi connectivity index (χ1n) is 29.8. The highest BCUT2D eigenvalue weighted by atomic mass is 16.4. The first-order valence-corrected chi connectivity index (χ1v) is 29.8. The van der Waals surface area contributed by atoms with Crippen molar-refractivity contribution >= 4 is 69.6 Å². The Morgan fingerprint density at radius 3 is 0.935 bits per heavy atom. The number of hydrogen-bond donors (Lipinski definition) is 10. The Bertz CT molecular complexity index is 3920. The summed E-state index contributed by atoms with van der Waals surface area (Å²) in [5, 5.41) is 33.8. The van der Waals surface area contributed by atoms with Crippen molar-refractivity contribution in [2.45, 2.75) is 116 Å². The lowest BCUT2D eigenvalue weighted by Crippen LogP contribution is -2.08. The fourth-order valence-electron chi connectivity index (χ4n) is 9.30. The molecule has 7 aromatic carbocycles. The Kier molecular flexibility index (Phi) is 26.8. The number of nitrogens with two attached hydrogens (primary N) is 5. The van der Waals surface area contributed by atoms with E-state index in [1.165, 1.54) is 18.2 Å². The van der Waals surface area contributed by atoms with Crippen LogP contribution in [-0.4, -0.2) is 78.1 Å². The van der Waals surface area contributed by atoms with E-state index in [1.807, 2.05) is 163 Å². The first kappa shape index (κ1) is 72.3. The van der Waals surface area contributed by atoms with Crippen molar-refractivity contribution in [2.24, 2.45) is 0 Å². The van der Waals surface area contributed by atoms with Crippen LogP contribution in [0.2, 0.25) is 0 Å². The summed E-state index contributed by atoms with van der Waals surface area (Å²) in [6.07, 6.45) is 2.42. The number of nitrogen functional groups attached to an aromatic ring is 5. The number of anilines is 9. The third-order valence-corrected chi connectivity index (χ3v) is 13.8. The van der Waals surface area contributed by atoms with Crippen LogP contribution in [0.5, 0.6) is 0 Å². The molecule has 0 aliphatic rings. The van der Waals surface area contributed by atoms with Gasteiger partial charge in [-0.2, -0.15) is 19.9 Å². The van der Waals surface area contributed by atoms with Crippen LogP contribution in [0.25, 0.3) is 0 Å². The zero-order valence-electron chi connectivity index (χ0n) is 55.0. The predicted molar refractivity (Wildman–Crippen MR) is 371 cm³/mol. The number of para-hydroxylation sites is 3. The molecule has 22 nitrogen and oxygen atoms in total. The second-order valence-corrected chi connectivity index (χ2v) is 21.9. The Morgan fingerprint density at radius 2 is 0.634 bits per heavy atom. The second-order valence-electron chi connectivity index (χ2n) is 21.9. The van der Waals surface area contributed by atoms with Crippen LogP contribution in [-0.2, 0) is 25.7 Å². The largest absolute Gasteiger partial charge is 0.478 e. The van der Waals surface area contributed by atoms with Crippen LogP contribution < -0.4 is 39.3 Å². The fourth-order valence-corrected chi connectivity index (χ4v) is 9.30. The van der Waals surface area contributed by atoms with Crippen LogP contribution in [0.1, 0.15) is 141 Å². The topological polar surface area (TPSA) is 382 Å². The minimum Gasteiger partial charge on any atom is -0.478 e. The molecule has 484 valence electrons. The van der Waals surface area contributed by atoms with E-state index >= 15 is 0 Å². The van der Waals surface area contributed by atoms with Gasteiger partial charge in [0.25, 0.3) is 0 Å². The summed E-state index contributed by atoms with van der Waals surface area (Å²) in [7, 11) is 0. The number of nitrogens with one attached hydrogen (secondary N) is 2. The minimum atomic E-state index is -1.02. The zero-order valence-corrected chi connectivity index (χ0v) is 55.0. The Balaban J connectivity index is 0.000000221. The number of aryl methyl sites for hydroxylation is 13. The molecule has 0 atom stereocenters. The number of aromatic nitrogens is 9. The number of benzene rings is 7. The van der Waals surface area contributed by atoms with Crippen LogP contribution in [0.15, 0.2) is 133 Å². The smallest absolute Gasteiger partial charge is 0.335 e. The van der Waals surface area contributed by atoms with Crippen molar-refractivity contribution < 1.29 is 29.7 Å². The van der Waals surface area contributed by atoms with E-state index in [-0.39, 0.29) is 16.7 Å². The molecule has 0 aliphatic carbocycles. The normalized spacial score (nSPS) is 10.2. The van der Waals surface area contributed by atoms with Gasteiger partial charge in [0.05, 0.1) is 16.7 Å². The lowest BCUT2D eigenvalue weighted by molar-refractivity contribution is 0.0686. The molecular weight excluding hydrogens is 1170 g/mol. The molecule has 10 rings (SSSR count). The van der Waals surface area contributed by atoms with Crippen molar-refractivity contribution in [1.29, 1.82) is 0 Å². The summed E-state index contributed by atoms with van der Waals surface area (Å²) in [5.41, 5.74) is 43.4. The molecule has 93 heavy (non-hydrogen) atoms. The molecule has 10 aromatic rings. The van der Waals surface area contributed by atoms with Gasteiger partial charge in [0, 0.05) is 52.7 Å². The van der Waals surface area contributed by atoms with Gasteiger partial charge in [0.1, 0.15) is 40.8 Å². The molecule has 0 aliphatic heterocycles. The summed E-state index contributed by atoms with van der Waals surface area (Å²) in [6, 6.07) is 40.4. The maximum absolute atomic E-state index is 11.4. The summed E-state index contributed by atoms with van der Waals surface area (Å²) in [5.74, 6) is 2.91. The van der Waals surface area contributed by atoms with Crippen LogP contribution >= 0.6 is 0 Å². The van der Waals surface area contributed by atoms with Gasteiger partial charge in [-0.15, -0.1) is 0 Å². The number of nitrogens with zero attached hydrogens (tertiary/aromatic N) is 9. The molecule has 0 spiro atoms. The quantitative estimate of drug-likeness (QED) is 0.0479. The van der Waals surface area contributed by atoms with Gasteiger partial charge in [0.2, 0.25) is 11.9 Å². The number of rotatable bonds is 13. The van der Waals surface area contributed by atoms with Gasteiger partial charge in [-0.1, -0.05) is 86.6 Å². The molecule has 15 N–H and O–H groups in total. The summed E-state index contributed by atoms with van der Waals surface area (Å²) in [4.78, 5) is 72.0. The zero-order chi connectivity index (χ0) is 68.6. The molecular formula is C71H84N16O6. The predicted octanol–water partition coefficient (Wildman–Crippen LogP) is 12.9. The number of carboxylic acids is 3. The average Bonchev–Trinajstić information content (AvgIpc) is 1.57. The number of carboxylic acid groups (broad SMARTS) is 3. The lowest BCUT2D eigenvalue weighted by Gasteiger charge is -2.12. The van der Waals surface area contributed by atoms with Crippen LogP contribution in [0, 0.1) is 76.2 Å². The van der Waals surface area contributed by atoms with Crippen LogP contribution in [0.4, 0.5) is 51.7 Å². The monoisotopic (exact) mass is 1260 g/mol. The standard InChI is InChI=1S/2C22H24N4O2.C8H11N.C7H8N2O2.C6H9N3.C6H8N2/c2*1-5-16-9-17(11-18(10-16)21(27)28)12-19-23-15(4)24-22(25-19)26-20-13(2)7-6-8-14(20)3;1-6-4-3-5-7(2)8(6)9;8-5-1-4(7(10)11)2-6(9)3-5;1-4-7-5(2)9-6(3)8-4;7-5-2-1-3-6(8)4-5/h2*6-11H,5,12H2,1-4H3,(H,27,28)(H,23,24,25,26);3-5H,9H2,1-2H3;1-3H,8-9H2,(H,10,11);1-3H3;1-4H,7-8H2. The van der Waals surface area contributed by atoms with E-state index in [4.69, 9.17) is 33.8 Å². The third kappa shape index (κ3) is 23.8. The molecule has 0 radical (unpaired) electrons. The van der Waals surface area contributed by atoms with Crippen molar-refractivity contribution in [3.8, 4) is 0 Å². The third-order valence-electron chi connectivity index (χ3n) is 13.8. The van der Waals surface area contributed by atoms with E-state index in [9.17, 15) is 24.6 Å². The first-order chi connectivity index (χ1) is 44.0. The van der Waals surface area contributed by atoms with Gasteiger partial charge >= 0.3 is 17.9 Å². The van der Waals surface area contributed by atoms with Crippen molar-refractivity contribution in [1.82, 2.24) is 44.9 Å². The highest BCUT2D eigenvalue weighted by Gasteiger charge is 2.14. The van der Waals surface area contributed by atoms with Crippen LogP contribution in [0.3, 0.4) is 0 Å². The van der Waals surface area contributed by atoms with Gasteiger partial charge < -0.3 is 54.6 Å². The maximum atomic E-state index is 11.4. The molecule has 3 heterocycles. The fraction of sp³-hybridized carbons (Fsp3) is 0.239. The Labute approximate surface area is 543 Å². The van der Waals surface area contributed by atoms with Crippen molar-refractivity contribution in [2.75, 3.05) is 39.3 Å². The van der Waals surface area contributed by atoms with Crippen molar-refractivity contribution in [3.05, 3.63) is 247 Å². The molecule has 0 saturated carbocycles. The average molecular weight is 1260 g/mol. The van der Waals surface area contributed by atoms with Gasteiger partial charge in [-0.3, -0.25) is 0 Å². The number of hydrogen-bond acceptors (Lipinski definition) is 19. The van der Waals surface area contributed by atoms with Gasteiger partial charge in [-0.25, -0.2) is 39.3 Å². The maximum Gasteiger partial charge on any atom is 0.335 e. The molecule has 22 heteroatoms. The molecule has 0 saturated heterocycles.